The highest BCUT2D eigenvalue weighted by molar-refractivity contribution is 6.01. The van der Waals surface area contributed by atoms with E-state index < -0.39 is 36.2 Å². The lowest BCUT2D eigenvalue weighted by atomic mass is 9.99. The van der Waals surface area contributed by atoms with Gasteiger partial charge in [0.25, 0.3) is 0 Å². The van der Waals surface area contributed by atoms with Crippen LogP contribution < -0.4 is 16.4 Å². The second-order valence-electron chi connectivity index (χ2n) is 5.83. The topological polar surface area (TPSA) is 139 Å². The second-order valence-corrected chi connectivity index (χ2v) is 5.83. The lowest BCUT2D eigenvalue weighted by Gasteiger charge is -2.16. The number of carbonyl (C=O) groups is 4. The van der Waals surface area contributed by atoms with E-state index >= 15 is 0 Å². The molecular formula is C19H19N3O5. The Morgan fingerprint density at radius 2 is 1.67 bits per heavy atom. The number of primary amides is 1. The van der Waals surface area contributed by atoms with Crippen LogP contribution in [-0.2, 0) is 14.4 Å². The van der Waals surface area contributed by atoms with Gasteiger partial charge in [-0.2, -0.15) is 0 Å². The van der Waals surface area contributed by atoms with Crippen molar-refractivity contribution < 1.29 is 24.3 Å². The molecule has 5 N–H and O–H groups in total. The van der Waals surface area contributed by atoms with Crippen molar-refractivity contribution in [1.29, 1.82) is 0 Å². The molecule has 0 aliphatic rings. The molecule has 0 aliphatic heterocycles. The Bertz CT molecular complexity index is 861. The Labute approximate surface area is 155 Å². The minimum atomic E-state index is -1.21. The predicted molar refractivity (Wildman–Crippen MR) is 98.9 cm³/mol. The van der Waals surface area contributed by atoms with Crippen LogP contribution in [0.5, 0.6) is 0 Å². The number of carboxylic acids is 1. The zero-order valence-electron chi connectivity index (χ0n) is 14.6. The first-order chi connectivity index (χ1) is 12.8. The number of aliphatic carboxylic acids is 1. The molecule has 2 rings (SSSR count). The Morgan fingerprint density at radius 1 is 1.04 bits per heavy atom. The zero-order valence-corrected chi connectivity index (χ0v) is 14.6. The second kappa shape index (κ2) is 8.61. The number of nitrogens with one attached hydrogen (secondary N) is 2. The molecule has 1 atom stereocenters. The van der Waals surface area contributed by atoms with Gasteiger partial charge in [0.1, 0.15) is 6.04 Å². The van der Waals surface area contributed by atoms with Gasteiger partial charge in [0.2, 0.25) is 17.7 Å². The molecule has 0 unspecified atom stereocenters. The van der Waals surface area contributed by atoms with E-state index in [0.29, 0.717) is 16.8 Å². The first kappa shape index (κ1) is 19.6. The van der Waals surface area contributed by atoms with Crippen LogP contribution in [0.3, 0.4) is 0 Å². The van der Waals surface area contributed by atoms with Crippen molar-refractivity contribution >= 4 is 29.4 Å². The Kier molecular flexibility index (Phi) is 6.27. The summed E-state index contributed by atoms with van der Waals surface area (Å²) in [5.74, 6) is -2.90. The molecule has 0 fully saturated rings. The smallest absolute Gasteiger partial charge is 0.305 e. The minimum Gasteiger partial charge on any atom is -0.481 e. The zero-order chi connectivity index (χ0) is 20.0. The van der Waals surface area contributed by atoms with Crippen molar-refractivity contribution in [2.75, 3.05) is 5.32 Å². The summed E-state index contributed by atoms with van der Waals surface area (Å²) in [6.45, 7) is 1.20. The van der Waals surface area contributed by atoms with Crippen molar-refractivity contribution in [2.45, 2.75) is 19.4 Å². The number of hydrogen-bond donors (Lipinski definition) is 4. The molecule has 0 aliphatic carbocycles. The molecule has 140 valence electrons. The quantitative estimate of drug-likeness (QED) is 0.584. The van der Waals surface area contributed by atoms with Gasteiger partial charge in [0.05, 0.1) is 6.42 Å². The highest BCUT2D eigenvalue weighted by Gasteiger charge is 2.22. The maximum atomic E-state index is 12.2. The lowest BCUT2D eigenvalue weighted by molar-refractivity contribution is -0.139. The molecule has 2 aromatic carbocycles. The van der Waals surface area contributed by atoms with Crippen LogP contribution >= 0.6 is 0 Å². The van der Waals surface area contributed by atoms with E-state index in [1.807, 2.05) is 0 Å². The van der Waals surface area contributed by atoms with E-state index in [9.17, 15) is 19.2 Å². The number of nitrogens with two attached hydrogens (primary N) is 1. The van der Waals surface area contributed by atoms with Crippen molar-refractivity contribution in [3.63, 3.8) is 0 Å². The van der Waals surface area contributed by atoms with Crippen LogP contribution in [0.1, 0.15) is 23.7 Å². The van der Waals surface area contributed by atoms with Crippen molar-refractivity contribution in [2.24, 2.45) is 5.73 Å². The van der Waals surface area contributed by atoms with Gasteiger partial charge in [-0.15, -0.1) is 0 Å². The van der Waals surface area contributed by atoms with Gasteiger partial charge in [-0.1, -0.05) is 30.3 Å². The molecule has 0 spiro atoms. The molecule has 0 heterocycles. The summed E-state index contributed by atoms with van der Waals surface area (Å²) < 4.78 is 0. The number of hydrogen-bond acceptors (Lipinski definition) is 4. The molecule has 3 amide bonds. The number of anilines is 1. The largest absolute Gasteiger partial charge is 0.481 e. The first-order valence-electron chi connectivity index (χ1n) is 8.07. The maximum absolute atomic E-state index is 12.2. The molecular weight excluding hydrogens is 350 g/mol. The number of benzene rings is 2. The van der Waals surface area contributed by atoms with Gasteiger partial charge in [-0.3, -0.25) is 19.2 Å². The summed E-state index contributed by atoms with van der Waals surface area (Å²) >= 11 is 0. The Balaban J connectivity index is 2.17. The van der Waals surface area contributed by atoms with Crippen LogP contribution in [-0.4, -0.2) is 34.8 Å². The van der Waals surface area contributed by atoms with Gasteiger partial charge in [0, 0.05) is 18.2 Å². The van der Waals surface area contributed by atoms with Crippen LogP contribution in [0.4, 0.5) is 5.69 Å². The van der Waals surface area contributed by atoms with Gasteiger partial charge in [-0.05, 0) is 29.3 Å². The highest BCUT2D eigenvalue weighted by atomic mass is 16.4. The molecule has 0 aromatic heterocycles. The van der Waals surface area contributed by atoms with Crippen molar-refractivity contribution in [3.8, 4) is 11.1 Å². The SMILES string of the molecule is CC(=O)N[C@@H](CC(=O)O)C(=O)Nc1ccc(-c2ccccc2C(N)=O)cc1. The summed E-state index contributed by atoms with van der Waals surface area (Å²) in [7, 11) is 0. The Morgan fingerprint density at radius 3 is 2.22 bits per heavy atom. The minimum absolute atomic E-state index is 0.376. The van der Waals surface area contributed by atoms with E-state index in [1.54, 1.807) is 48.5 Å². The third-order valence-corrected chi connectivity index (χ3v) is 3.73. The third kappa shape index (κ3) is 5.40. The van der Waals surface area contributed by atoms with Crippen LogP contribution in [0.2, 0.25) is 0 Å². The maximum Gasteiger partial charge on any atom is 0.305 e. The third-order valence-electron chi connectivity index (χ3n) is 3.73. The summed E-state index contributed by atoms with van der Waals surface area (Å²) in [5, 5.41) is 13.7. The van der Waals surface area contributed by atoms with Gasteiger partial charge < -0.3 is 21.5 Å². The van der Waals surface area contributed by atoms with E-state index in [2.05, 4.69) is 10.6 Å². The molecule has 27 heavy (non-hydrogen) atoms. The number of rotatable bonds is 7. The van der Waals surface area contributed by atoms with E-state index in [-0.39, 0.29) is 0 Å². The number of carbonyl (C=O) groups excluding carboxylic acids is 3. The molecule has 0 saturated heterocycles. The van der Waals surface area contributed by atoms with Crippen molar-refractivity contribution in [3.05, 3.63) is 54.1 Å². The highest BCUT2D eigenvalue weighted by Crippen LogP contribution is 2.25. The van der Waals surface area contributed by atoms with Crippen LogP contribution in [0, 0.1) is 0 Å². The number of amides is 3. The molecule has 8 nitrogen and oxygen atoms in total. The van der Waals surface area contributed by atoms with Crippen molar-refractivity contribution in [1.82, 2.24) is 5.32 Å². The predicted octanol–water partition coefficient (Wildman–Crippen LogP) is 1.37. The monoisotopic (exact) mass is 369 g/mol. The van der Waals surface area contributed by atoms with E-state index in [1.165, 1.54) is 6.92 Å². The summed E-state index contributed by atoms with van der Waals surface area (Å²) in [6.07, 6.45) is -0.532. The lowest BCUT2D eigenvalue weighted by Crippen LogP contribution is -2.44. The first-order valence-corrected chi connectivity index (χ1v) is 8.07. The number of carboxylic acid groups (broad SMARTS) is 1. The fourth-order valence-electron chi connectivity index (χ4n) is 2.54. The molecule has 0 bridgehead atoms. The summed E-state index contributed by atoms with van der Waals surface area (Å²) in [5.41, 5.74) is 7.56. The van der Waals surface area contributed by atoms with Crippen LogP contribution in [0.25, 0.3) is 11.1 Å². The summed E-state index contributed by atoms with van der Waals surface area (Å²) in [6, 6.07) is 12.3. The van der Waals surface area contributed by atoms with Gasteiger partial charge in [-0.25, -0.2) is 0 Å². The van der Waals surface area contributed by atoms with Gasteiger partial charge >= 0.3 is 5.97 Å². The van der Waals surface area contributed by atoms with Gasteiger partial charge in [0.15, 0.2) is 0 Å². The van der Waals surface area contributed by atoms with E-state index in [4.69, 9.17) is 10.8 Å². The molecule has 2 aromatic rings. The normalized spacial score (nSPS) is 11.3. The fourth-order valence-corrected chi connectivity index (χ4v) is 2.54. The van der Waals surface area contributed by atoms with E-state index in [0.717, 1.165) is 5.56 Å². The standard InChI is InChI=1S/C19H19N3O5/c1-11(23)21-16(10-17(24)25)19(27)22-13-8-6-12(7-9-13)14-4-2-3-5-15(14)18(20)26/h2-9,16H,10H2,1H3,(H2,20,26)(H,21,23)(H,22,27)(H,24,25)/t16-/m0/s1. The Hall–Kier alpha value is -3.68. The molecule has 0 saturated carbocycles. The summed E-state index contributed by atoms with van der Waals surface area (Å²) in [4.78, 5) is 45.8. The van der Waals surface area contributed by atoms with Crippen LogP contribution in [0.15, 0.2) is 48.5 Å². The molecule has 8 heteroatoms. The molecule has 0 radical (unpaired) electrons. The average molecular weight is 369 g/mol. The average Bonchev–Trinajstić information content (AvgIpc) is 2.61. The fraction of sp³-hybridized carbons (Fsp3) is 0.158.